The summed E-state index contributed by atoms with van der Waals surface area (Å²) in [6.07, 6.45) is 0. The minimum absolute atomic E-state index is 0.0347. The van der Waals surface area contributed by atoms with Crippen molar-refractivity contribution in [3.8, 4) is 5.75 Å². The first kappa shape index (κ1) is 20.8. The fourth-order valence-corrected chi connectivity index (χ4v) is 2.17. The molecule has 2 N–H and O–H groups in total. The van der Waals surface area contributed by atoms with Crippen molar-refractivity contribution in [2.75, 3.05) is 40.3 Å². The van der Waals surface area contributed by atoms with Crippen LogP contribution in [0.1, 0.15) is 33.3 Å². The lowest BCUT2D eigenvalue weighted by molar-refractivity contribution is -0.127. The van der Waals surface area contributed by atoms with Crippen LogP contribution in [0.5, 0.6) is 5.75 Å². The van der Waals surface area contributed by atoms with E-state index in [9.17, 15) is 4.79 Å². The molecule has 0 aliphatic rings. The number of nitrogens with one attached hydrogen (secondary N) is 2. The Hall–Kier alpha value is -2.24. The van der Waals surface area contributed by atoms with Gasteiger partial charge in [-0.05, 0) is 24.0 Å². The Morgan fingerprint density at radius 3 is 2.48 bits per heavy atom. The second-order valence-corrected chi connectivity index (χ2v) is 7.00. The van der Waals surface area contributed by atoms with Gasteiger partial charge in [0.05, 0.1) is 6.54 Å². The van der Waals surface area contributed by atoms with Crippen molar-refractivity contribution in [2.24, 2.45) is 4.99 Å². The monoisotopic (exact) mass is 348 g/mol. The van der Waals surface area contributed by atoms with Crippen molar-refractivity contribution in [3.05, 3.63) is 29.8 Å². The van der Waals surface area contributed by atoms with Gasteiger partial charge in [-0.15, -0.1) is 0 Å². The molecular weight excluding hydrogens is 316 g/mol. The maximum Gasteiger partial charge on any atom is 0.243 e. The molecule has 6 nitrogen and oxygen atoms in total. The molecule has 0 saturated heterocycles. The van der Waals surface area contributed by atoms with Crippen LogP contribution < -0.4 is 15.4 Å². The molecule has 0 aliphatic carbocycles. The zero-order valence-electron chi connectivity index (χ0n) is 16.3. The number of guanidine groups is 1. The minimum Gasteiger partial charge on any atom is -0.491 e. The van der Waals surface area contributed by atoms with Gasteiger partial charge in [0.25, 0.3) is 0 Å². The van der Waals surface area contributed by atoms with Crippen LogP contribution in [0.3, 0.4) is 0 Å². The summed E-state index contributed by atoms with van der Waals surface area (Å²) in [5.41, 5.74) is 1.22. The molecule has 1 rings (SSSR count). The van der Waals surface area contributed by atoms with Crippen molar-refractivity contribution >= 4 is 11.9 Å². The predicted octanol–water partition coefficient (Wildman–Crippen LogP) is 2.01. The molecular formula is C19H32N4O2. The van der Waals surface area contributed by atoms with E-state index >= 15 is 0 Å². The molecule has 0 saturated carbocycles. The van der Waals surface area contributed by atoms with Crippen LogP contribution in [0.25, 0.3) is 0 Å². The van der Waals surface area contributed by atoms with E-state index in [1.807, 2.05) is 25.1 Å². The van der Waals surface area contributed by atoms with Crippen LogP contribution in [0.2, 0.25) is 0 Å². The van der Waals surface area contributed by atoms with E-state index in [2.05, 4.69) is 42.5 Å². The Kier molecular flexibility index (Phi) is 8.25. The van der Waals surface area contributed by atoms with Gasteiger partial charge < -0.3 is 20.3 Å². The van der Waals surface area contributed by atoms with Crippen LogP contribution >= 0.6 is 0 Å². The maximum absolute atomic E-state index is 11.6. The Bertz CT molecular complexity index is 577. The Morgan fingerprint density at radius 1 is 1.20 bits per heavy atom. The lowest BCUT2D eigenvalue weighted by Gasteiger charge is -2.22. The Morgan fingerprint density at radius 2 is 1.88 bits per heavy atom. The van der Waals surface area contributed by atoms with Gasteiger partial charge in [0.1, 0.15) is 18.9 Å². The normalized spacial score (nSPS) is 11.8. The number of carbonyl (C=O) groups is 1. The largest absolute Gasteiger partial charge is 0.491 e. The average molecular weight is 348 g/mol. The van der Waals surface area contributed by atoms with Gasteiger partial charge in [-0.25, -0.2) is 4.99 Å². The first-order chi connectivity index (χ1) is 11.8. The number of para-hydroxylation sites is 1. The van der Waals surface area contributed by atoms with Gasteiger partial charge >= 0.3 is 0 Å². The van der Waals surface area contributed by atoms with Gasteiger partial charge in [0.2, 0.25) is 5.91 Å². The third-order valence-corrected chi connectivity index (χ3v) is 3.56. The van der Waals surface area contributed by atoms with Crippen molar-refractivity contribution in [1.29, 1.82) is 0 Å². The number of aliphatic imine (C=N–C) groups is 1. The second-order valence-electron chi connectivity index (χ2n) is 7.00. The molecule has 0 bridgehead atoms. The van der Waals surface area contributed by atoms with Crippen LogP contribution in [-0.2, 0) is 10.2 Å². The van der Waals surface area contributed by atoms with Crippen LogP contribution in [0, 0.1) is 0 Å². The Labute approximate surface area is 151 Å². The first-order valence-corrected chi connectivity index (χ1v) is 8.70. The highest BCUT2D eigenvalue weighted by atomic mass is 16.5. The molecule has 0 heterocycles. The van der Waals surface area contributed by atoms with Crippen LogP contribution in [-0.4, -0.2) is 57.1 Å². The van der Waals surface area contributed by atoms with Crippen molar-refractivity contribution in [3.63, 3.8) is 0 Å². The molecule has 0 aliphatic heterocycles. The van der Waals surface area contributed by atoms with Gasteiger partial charge in [-0.1, -0.05) is 39.0 Å². The molecule has 1 aromatic rings. The summed E-state index contributed by atoms with van der Waals surface area (Å²) in [5, 5.41) is 6.31. The molecule has 0 spiro atoms. The lowest BCUT2D eigenvalue weighted by Crippen LogP contribution is -2.40. The summed E-state index contributed by atoms with van der Waals surface area (Å²) in [6, 6.07) is 8.11. The fourth-order valence-electron chi connectivity index (χ4n) is 2.17. The summed E-state index contributed by atoms with van der Waals surface area (Å²) in [7, 11) is 3.44. The Balaban J connectivity index is 2.55. The molecule has 1 amide bonds. The maximum atomic E-state index is 11.6. The number of benzene rings is 1. The number of nitrogens with zero attached hydrogens (tertiary/aromatic N) is 2. The number of rotatable bonds is 7. The molecule has 0 aromatic heterocycles. The van der Waals surface area contributed by atoms with E-state index in [4.69, 9.17) is 4.74 Å². The zero-order chi connectivity index (χ0) is 18.9. The molecule has 6 heteroatoms. The van der Waals surface area contributed by atoms with E-state index in [1.165, 1.54) is 10.5 Å². The first-order valence-electron chi connectivity index (χ1n) is 8.70. The molecule has 0 unspecified atom stereocenters. The van der Waals surface area contributed by atoms with E-state index in [1.54, 1.807) is 14.1 Å². The molecule has 0 atom stereocenters. The predicted molar refractivity (Wildman–Crippen MR) is 103 cm³/mol. The van der Waals surface area contributed by atoms with Gasteiger partial charge in [0, 0.05) is 20.6 Å². The van der Waals surface area contributed by atoms with Crippen molar-refractivity contribution < 1.29 is 9.53 Å². The number of ether oxygens (including phenoxy) is 1. The summed E-state index contributed by atoms with van der Waals surface area (Å²) in [5.74, 6) is 1.49. The van der Waals surface area contributed by atoms with Crippen molar-refractivity contribution in [2.45, 2.75) is 33.1 Å². The lowest BCUT2D eigenvalue weighted by atomic mass is 9.86. The molecule has 25 heavy (non-hydrogen) atoms. The highest BCUT2D eigenvalue weighted by Crippen LogP contribution is 2.30. The highest BCUT2D eigenvalue weighted by Gasteiger charge is 2.18. The van der Waals surface area contributed by atoms with Crippen LogP contribution in [0.4, 0.5) is 0 Å². The molecule has 140 valence electrons. The van der Waals surface area contributed by atoms with E-state index < -0.39 is 0 Å². The number of amides is 1. The average Bonchev–Trinajstić information content (AvgIpc) is 2.55. The zero-order valence-corrected chi connectivity index (χ0v) is 16.3. The molecule has 0 fully saturated rings. The number of carbonyl (C=O) groups excluding carboxylic acids is 1. The summed E-state index contributed by atoms with van der Waals surface area (Å²) in [6.45, 7) is 10.5. The van der Waals surface area contributed by atoms with E-state index in [0.29, 0.717) is 19.1 Å². The SMILES string of the molecule is CCNC(=NCC(=O)N(C)C)NCCOc1ccccc1C(C)(C)C. The topological polar surface area (TPSA) is 66.0 Å². The minimum atomic E-state index is -0.0347. The number of hydrogen-bond acceptors (Lipinski definition) is 3. The summed E-state index contributed by atoms with van der Waals surface area (Å²) in [4.78, 5) is 17.4. The number of hydrogen-bond donors (Lipinski definition) is 2. The third kappa shape index (κ3) is 7.45. The summed E-state index contributed by atoms with van der Waals surface area (Å²) >= 11 is 0. The van der Waals surface area contributed by atoms with Gasteiger partial charge in [-0.2, -0.15) is 0 Å². The third-order valence-electron chi connectivity index (χ3n) is 3.56. The highest BCUT2D eigenvalue weighted by molar-refractivity contribution is 5.84. The van der Waals surface area contributed by atoms with E-state index in [-0.39, 0.29) is 17.9 Å². The smallest absolute Gasteiger partial charge is 0.243 e. The van der Waals surface area contributed by atoms with Gasteiger partial charge in [-0.3, -0.25) is 4.79 Å². The molecule has 1 aromatic carbocycles. The standard InChI is InChI=1S/C19H32N4O2/c1-7-20-18(22-14-17(24)23(5)6)21-12-13-25-16-11-9-8-10-15(16)19(2,3)4/h8-11H,7,12-14H2,1-6H3,(H2,20,21,22). The van der Waals surface area contributed by atoms with Gasteiger partial charge in [0.15, 0.2) is 5.96 Å². The number of likely N-dealkylation sites (N-methyl/N-ethyl adjacent to an activating group) is 1. The fraction of sp³-hybridized carbons (Fsp3) is 0.579. The molecule has 0 radical (unpaired) electrons. The van der Waals surface area contributed by atoms with Crippen molar-refractivity contribution in [1.82, 2.24) is 15.5 Å². The van der Waals surface area contributed by atoms with E-state index in [0.717, 1.165) is 12.3 Å². The quantitative estimate of drug-likeness (QED) is 0.449. The second kappa shape index (κ2) is 9.91. The van der Waals surface area contributed by atoms with Crippen LogP contribution in [0.15, 0.2) is 29.3 Å². The summed E-state index contributed by atoms with van der Waals surface area (Å²) < 4.78 is 5.94.